The van der Waals surface area contributed by atoms with Gasteiger partial charge in [-0.15, -0.1) is 0 Å². The maximum atomic E-state index is 5.38. The van der Waals surface area contributed by atoms with Crippen LogP contribution in [0.4, 0.5) is 5.69 Å². The van der Waals surface area contributed by atoms with Gasteiger partial charge in [0.05, 0.1) is 6.10 Å². The number of rotatable bonds is 5. The van der Waals surface area contributed by atoms with E-state index in [0.717, 1.165) is 26.1 Å². The molecule has 1 fully saturated rings. The molecule has 1 aliphatic heterocycles. The van der Waals surface area contributed by atoms with E-state index in [1.807, 2.05) is 0 Å². The number of nitrogens with one attached hydrogen (secondary N) is 1. The minimum atomic E-state index is 0.384. The molecule has 3 nitrogen and oxygen atoms in total. The summed E-state index contributed by atoms with van der Waals surface area (Å²) in [5.74, 6) is 0. The predicted molar refractivity (Wildman–Crippen MR) is 71.5 cm³/mol. The highest BCUT2D eigenvalue weighted by Gasteiger charge is 2.25. The largest absolute Gasteiger partial charge is 0.380 e. The zero-order chi connectivity index (χ0) is 12.1. The van der Waals surface area contributed by atoms with Crippen molar-refractivity contribution in [3.05, 3.63) is 30.3 Å². The van der Waals surface area contributed by atoms with E-state index in [1.165, 1.54) is 5.69 Å². The normalized spacial score (nSPS) is 23.9. The maximum absolute atomic E-state index is 5.38. The zero-order valence-electron chi connectivity index (χ0n) is 10.7. The summed E-state index contributed by atoms with van der Waals surface area (Å²) in [6, 6.07) is 11.1. The number of para-hydroxylation sites is 1. The molecule has 1 N–H and O–H groups in total. The summed E-state index contributed by atoms with van der Waals surface area (Å²) in [7, 11) is 1.80. The average Bonchev–Trinajstić information content (AvgIpc) is 2.84. The SMILES string of the molecule is CCN(CC1CC(OC)CN1)c1ccccc1. The van der Waals surface area contributed by atoms with Gasteiger partial charge in [0.25, 0.3) is 0 Å². The molecule has 1 aromatic carbocycles. The Labute approximate surface area is 104 Å². The summed E-state index contributed by atoms with van der Waals surface area (Å²) >= 11 is 0. The fourth-order valence-corrected chi connectivity index (χ4v) is 2.42. The summed E-state index contributed by atoms with van der Waals surface area (Å²) in [5, 5.41) is 3.53. The molecule has 0 aliphatic carbocycles. The number of likely N-dealkylation sites (N-methyl/N-ethyl adjacent to an activating group) is 1. The predicted octanol–water partition coefficient (Wildman–Crippen LogP) is 1.89. The molecule has 2 rings (SSSR count). The number of methoxy groups -OCH3 is 1. The van der Waals surface area contributed by atoms with Crippen LogP contribution in [0.15, 0.2) is 30.3 Å². The van der Waals surface area contributed by atoms with Crippen molar-refractivity contribution in [1.82, 2.24) is 5.32 Å². The van der Waals surface area contributed by atoms with Crippen LogP contribution in [0.2, 0.25) is 0 Å². The highest BCUT2D eigenvalue weighted by Crippen LogP contribution is 2.16. The van der Waals surface area contributed by atoms with Crippen molar-refractivity contribution in [2.75, 3.05) is 31.6 Å². The Morgan fingerprint density at radius 2 is 2.12 bits per heavy atom. The summed E-state index contributed by atoms with van der Waals surface area (Å²) in [4.78, 5) is 2.41. The Bertz CT molecular complexity index is 328. The fourth-order valence-electron chi connectivity index (χ4n) is 2.42. The second kappa shape index (κ2) is 6.03. The van der Waals surface area contributed by atoms with E-state index in [4.69, 9.17) is 4.74 Å². The van der Waals surface area contributed by atoms with Crippen molar-refractivity contribution >= 4 is 5.69 Å². The van der Waals surface area contributed by atoms with Crippen LogP contribution in [0, 0.1) is 0 Å². The van der Waals surface area contributed by atoms with Gasteiger partial charge in [0, 0.05) is 38.5 Å². The summed E-state index contributed by atoms with van der Waals surface area (Å²) in [6.07, 6.45) is 1.49. The smallest absolute Gasteiger partial charge is 0.0711 e. The van der Waals surface area contributed by atoms with Crippen LogP contribution in [-0.4, -0.2) is 38.9 Å². The molecule has 0 spiro atoms. The Hall–Kier alpha value is -1.06. The van der Waals surface area contributed by atoms with Crippen LogP contribution in [0.1, 0.15) is 13.3 Å². The van der Waals surface area contributed by atoms with Crippen molar-refractivity contribution in [2.24, 2.45) is 0 Å². The van der Waals surface area contributed by atoms with E-state index >= 15 is 0 Å². The molecule has 0 saturated carbocycles. The number of hydrogen-bond donors (Lipinski definition) is 1. The van der Waals surface area contributed by atoms with Crippen LogP contribution in [0.5, 0.6) is 0 Å². The first-order valence-electron chi connectivity index (χ1n) is 6.39. The van der Waals surface area contributed by atoms with Crippen molar-refractivity contribution < 1.29 is 4.74 Å². The summed E-state index contributed by atoms with van der Waals surface area (Å²) in [5.41, 5.74) is 1.30. The Morgan fingerprint density at radius 1 is 1.35 bits per heavy atom. The van der Waals surface area contributed by atoms with Crippen molar-refractivity contribution in [3.63, 3.8) is 0 Å². The number of nitrogens with zero attached hydrogens (tertiary/aromatic N) is 1. The highest BCUT2D eigenvalue weighted by atomic mass is 16.5. The molecule has 0 bridgehead atoms. The molecule has 2 atom stereocenters. The molecule has 0 aromatic heterocycles. The minimum absolute atomic E-state index is 0.384. The standard InChI is InChI=1S/C14H22N2O/c1-3-16(13-7-5-4-6-8-13)11-12-9-14(17-2)10-15-12/h4-8,12,14-15H,3,9-11H2,1-2H3. The average molecular weight is 234 g/mol. The molecular formula is C14H22N2O. The summed E-state index contributed by atoms with van der Waals surface area (Å²) in [6.45, 7) is 5.28. The molecule has 17 heavy (non-hydrogen) atoms. The van der Waals surface area contributed by atoms with Crippen LogP contribution in [-0.2, 0) is 4.74 Å². The molecular weight excluding hydrogens is 212 g/mol. The van der Waals surface area contributed by atoms with Crippen LogP contribution < -0.4 is 10.2 Å². The molecule has 1 aromatic rings. The lowest BCUT2D eigenvalue weighted by Crippen LogP contribution is -2.37. The molecule has 3 heteroatoms. The van der Waals surface area contributed by atoms with E-state index in [-0.39, 0.29) is 0 Å². The van der Waals surface area contributed by atoms with Gasteiger partial charge in [-0.05, 0) is 25.5 Å². The lowest BCUT2D eigenvalue weighted by molar-refractivity contribution is 0.117. The minimum Gasteiger partial charge on any atom is -0.380 e. The van der Waals surface area contributed by atoms with Gasteiger partial charge in [-0.3, -0.25) is 0 Å². The maximum Gasteiger partial charge on any atom is 0.0711 e. The van der Waals surface area contributed by atoms with Crippen LogP contribution >= 0.6 is 0 Å². The zero-order valence-corrected chi connectivity index (χ0v) is 10.7. The Morgan fingerprint density at radius 3 is 2.71 bits per heavy atom. The van der Waals surface area contributed by atoms with Crippen molar-refractivity contribution in [2.45, 2.75) is 25.5 Å². The van der Waals surface area contributed by atoms with E-state index in [0.29, 0.717) is 12.1 Å². The van der Waals surface area contributed by atoms with Crippen LogP contribution in [0.3, 0.4) is 0 Å². The van der Waals surface area contributed by atoms with Gasteiger partial charge in [0.15, 0.2) is 0 Å². The number of hydrogen-bond acceptors (Lipinski definition) is 3. The van der Waals surface area contributed by atoms with Crippen molar-refractivity contribution in [3.8, 4) is 0 Å². The third-order valence-electron chi connectivity index (χ3n) is 3.46. The fraction of sp³-hybridized carbons (Fsp3) is 0.571. The first kappa shape index (κ1) is 12.4. The third kappa shape index (κ3) is 3.20. The lowest BCUT2D eigenvalue weighted by atomic mass is 10.1. The topological polar surface area (TPSA) is 24.5 Å². The first-order chi connectivity index (χ1) is 8.33. The van der Waals surface area contributed by atoms with Crippen molar-refractivity contribution in [1.29, 1.82) is 0 Å². The van der Waals surface area contributed by atoms with Gasteiger partial charge in [0.2, 0.25) is 0 Å². The molecule has 1 saturated heterocycles. The number of ether oxygens (including phenoxy) is 1. The van der Waals surface area contributed by atoms with E-state index in [2.05, 4.69) is 47.5 Å². The second-order valence-electron chi connectivity index (χ2n) is 4.57. The lowest BCUT2D eigenvalue weighted by Gasteiger charge is -2.26. The van der Waals surface area contributed by atoms with E-state index < -0.39 is 0 Å². The van der Waals surface area contributed by atoms with Gasteiger partial charge in [-0.1, -0.05) is 18.2 Å². The number of benzene rings is 1. The first-order valence-corrected chi connectivity index (χ1v) is 6.39. The van der Waals surface area contributed by atoms with Gasteiger partial charge in [-0.2, -0.15) is 0 Å². The molecule has 1 aliphatic rings. The molecule has 0 radical (unpaired) electrons. The number of anilines is 1. The monoisotopic (exact) mass is 234 g/mol. The molecule has 2 unspecified atom stereocenters. The summed E-state index contributed by atoms with van der Waals surface area (Å²) < 4.78 is 5.38. The van der Waals surface area contributed by atoms with Crippen LogP contribution in [0.25, 0.3) is 0 Å². The molecule has 0 amide bonds. The molecule has 1 heterocycles. The van der Waals surface area contributed by atoms with Gasteiger partial charge >= 0.3 is 0 Å². The second-order valence-corrected chi connectivity index (χ2v) is 4.57. The highest BCUT2D eigenvalue weighted by molar-refractivity contribution is 5.46. The van der Waals surface area contributed by atoms with E-state index in [1.54, 1.807) is 7.11 Å². The Balaban J connectivity index is 1.92. The van der Waals surface area contributed by atoms with Gasteiger partial charge in [0.1, 0.15) is 0 Å². The van der Waals surface area contributed by atoms with Gasteiger partial charge in [-0.25, -0.2) is 0 Å². The Kier molecular flexibility index (Phi) is 4.40. The third-order valence-corrected chi connectivity index (χ3v) is 3.46. The quantitative estimate of drug-likeness (QED) is 0.842. The molecule has 94 valence electrons. The van der Waals surface area contributed by atoms with Gasteiger partial charge < -0.3 is 15.0 Å². The van der Waals surface area contributed by atoms with E-state index in [9.17, 15) is 0 Å².